The number of anilines is 1. The highest BCUT2D eigenvalue weighted by atomic mass is 35.5. The summed E-state index contributed by atoms with van der Waals surface area (Å²) in [6.07, 6.45) is 1.26. The third-order valence-electron chi connectivity index (χ3n) is 2.77. The Balaban J connectivity index is 2.70. The molecule has 0 radical (unpaired) electrons. The lowest BCUT2D eigenvalue weighted by atomic mass is 10.1. The van der Waals surface area contributed by atoms with Gasteiger partial charge in [-0.15, -0.1) is 11.6 Å². The number of nitrogens with two attached hydrogens (primary N) is 1. The van der Waals surface area contributed by atoms with Crippen molar-refractivity contribution in [1.29, 1.82) is 0 Å². The molecule has 4 N–H and O–H groups in total. The zero-order chi connectivity index (χ0) is 15.9. The summed E-state index contributed by atoms with van der Waals surface area (Å²) in [7, 11) is -3.42. The molecule has 1 aromatic rings. The molecular weight excluding hydrogens is 316 g/mol. The SMILES string of the molecule is N[C@@H](Cc1cccc(NS(=O)(=O)CCCCCl)c1)C(=O)O. The van der Waals surface area contributed by atoms with Gasteiger partial charge in [-0.1, -0.05) is 12.1 Å². The Labute approximate surface area is 129 Å². The van der Waals surface area contributed by atoms with E-state index in [0.29, 0.717) is 30.0 Å². The molecule has 0 fully saturated rings. The minimum absolute atomic E-state index is 0.00140. The van der Waals surface area contributed by atoms with E-state index >= 15 is 0 Å². The average Bonchev–Trinajstić information content (AvgIpc) is 2.38. The third-order valence-corrected chi connectivity index (χ3v) is 4.41. The van der Waals surface area contributed by atoms with Gasteiger partial charge in [0.15, 0.2) is 0 Å². The van der Waals surface area contributed by atoms with Gasteiger partial charge in [0.2, 0.25) is 10.0 Å². The monoisotopic (exact) mass is 334 g/mol. The van der Waals surface area contributed by atoms with Crippen LogP contribution in [0.4, 0.5) is 5.69 Å². The summed E-state index contributed by atoms with van der Waals surface area (Å²) in [4.78, 5) is 10.7. The van der Waals surface area contributed by atoms with Gasteiger partial charge in [0.05, 0.1) is 5.75 Å². The Kier molecular flexibility index (Phi) is 6.94. The predicted octanol–water partition coefficient (Wildman–Crippen LogP) is 1.40. The molecule has 6 nitrogen and oxygen atoms in total. The number of alkyl halides is 1. The molecule has 0 unspecified atom stereocenters. The van der Waals surface area contributed by atoms with E-state index in [1.807, 2.05) is 0 Å². The number of carbonyl (C=O) groups is 1. The topological polar surface area (TPSA) is 109 Å². The fourth-order valence-corrected chi connectivity index (χ4v) is 3.08. The average molecular weight is 335 g/mol. The van der Waals surface area contributed by atoms with E-state index in [2.05, 4.69) is 4.72 Å². The Hall–Kier alpha value is -1.31. The molecule has 0 amide bonds. The van der Waals surface area contributed by atoms with Crippen molar-refractivity contribution in [2.75, 3.05) is 16.4 Å². The molecule has 0 aliphatic rings. The van der Waals surface area contributed by atoms with E-state index in [1.165, 1.54) is 0 Å². The minimum atomic E-state index is -3.42. The first-order valence-electron chi connectivity index (χ1n) is 6.48. The number of halogens is 1. The van der Waals surface area contributed by atoms with Crippen LogP contribution in [0.3, 0.4) is 0 Å². The summed E-state index contributed by atoms with van der Waals surface area (Å²) in [5.41, 5.74) is 6.51. The second kappa shape index (κ2) is 8.21. The zero-order valence-electron chi connectivity index (χ0n) is 11.5. The predicted molar refractivity (Wildman–Crippen MR) is 83.1 cm³/mol. The first-order valence-corrected chi connectivity index (χ1v) is 8.66. The van der Waals surface area contributed by atoms with Gasteiger partial charge in [0.1, 0.15) is 6.04 Å². The van der Waals surface area contributed by atoms with Crippen molar-refractivity contribution in [3.8, 4) is 0 Å². The number of aliphatic carboxylic acids is 1. The zero-order valence-corrected chi connectivity index (χ0v) is 13.0. The summed E-state index contributed by atoms with van der Waals surface area (Å²) in [5.74, 6) is -0.668. The normalized spacial score (nSPS) is 12.9. The van der Waals surface area contributed by atoms with Gasteiger partial charge in [-0.05, 0) is 37.0 Å². The maximum Gasteiger partial charge on any atom is 0.320 e. The van der Waals surface area contributed by atoms with Crippen LogP contribution in [0.1, 0.15) is 18.4 Å². The van der Waals surface area contributed by atoms with Crippen molar-refractivity contribution < 1.29 is 18.3 Å². The van der Waals surface area contributed by atoms with E-state index in [1.54, 1.807) is 24.3 Å². The Morgan fingerprint density at radius 1 is 1.38 bits per heavy atom. The second-order valence-electron chi connectivity index (χ2n) is 4.67. The molecule has 0 saturated heterocycles. The number of hydrogen-bond donors (Lipinski definition) is 3. The number of carboxylic acids is 1. The second-order valence-corrected chi connectivity index (χ2v) is 6.89. The first-order chi connectivity index (χ1) is 9.84. The highest BCUT2D eigenvalue weighted by Gasteiger charge is 2.14. The van der Waals surface area contributed by atoms with Gasteiger partial charge in [0, 0.05) is 11.6 Å². The van der Waals surface area contributed by atoms with Crippen molar-refractivity contribution in [3.63, 3.8) is 0 Å². The Morgan fingerprint density at radius 3 is 2.71 bits per heavy atom. The van der Waals surface area contributed by atoms with Crippen LogP contribution in [0.25, 0.3) is 0 Å². The molecule has 0 saturated carbocycles. The van der Waals surface area contributed by atoms with Crippen molar-refractivity contribution in [2.45, 2.75) is 25.3 Å². The number of rotatable bonds is 9. The van der Waals surface area contributed by atoms with E-state index in [0.717, 1.165) is 0 Å². The maximum atomic E-state index is 11.8. The highest BCUT2D eigenvalue weighted by molar-refractivity contribution is 7.92. The van der Waals surface area contributed by atoms with Crippen molar-refractivity contribution in [2.24, 2.45) is 5.73 Å². The van der Waals surface area contributed by atoms with Crippen LogP contribution >= 0.6 is 11.6 Å². The quantitative estimate of drug-likeness (QED) is 0.467. The fourth-order valence-electron chi connectivity index (χ4n) is 1.72. The molecule has 0 aliphatic heterocycles. The van der Waals surface area contributed by atoms with Crippen molar-refractivity contribution in [1.82, 2.24) is 0 Å². The number of carboxylic acid groups (broad SMARTS) is 1. The van der Waals surface area contributed by atoms with Crippen molar-refractivity contribution >= 4 is 33.3 Å². The number of hydrogen-bond acceptors (Lipinski definition) is 4. The third kappa shape index (κ3) is 6.79. The molecule has 1 aromatic carbocycles. The molecule has 0 spiro atoms. The fraction of sp³-hybridized carbons (Fsp3) is 0.462. The van der Waals surface area contributed by atoms with Crippen LogP contribution in [0.5, 0.6) is 0 Å². The van der Waals surface area contributed by atoms with Gasteiger partial charge in [-0.25, -0.2) is 8.42 Å². The Bertz CT molecular complexity index is 577. The summed E-state index contributed by atoms with van der Waals surface area (Å²) < 4.78 is 26.1. The number of sulfonamides is 1. The molecule has 0 aliphatic carbocycles. The molecular formula is C13H19ClN2O4S. The molecule has 0 aromatic heterocycles. The summed E-state index contributed by atoms with van der Waals surface area (Å²) in [6.45, 7) is 0. The molecule has 21 heavy (non-hydrogen) atoms. The standard InChI is InChI=1S/C13H19ClN2O4S/c14-6-1-2-7-21(19,20)16-11-5-3-4-10(8-11)9-12(15)13(17)18/h3-5,8,12,16H,1-2,6-7,9,15H2,(H,17,18)/t12-/m0/s1. The van der Waals surface area contributed by atoms with Gasteiger partial charge in [0.25, 0.3) is 0 Å². The lowest BCUT2D eigenvalue weighted by molar-refractivity contribution is -0.138. The minimum Gasteiger partial charge on any atom is -0.480 e. The van der Waals surface area contributed by atoms with Crippen LogP contribution in [-0.4, -0.2) is 37.2 Å². The number of unbranched alkanes of at least 4 members (excludes halogenated alkanes) is 1. The van der Waals surface area contributed by atoms with E-state index < -0.39 is 22.0 Å². The van der Waals surface area contributed by atoms with Crippen LogP contribution < -0.4 is 10.5 Å². The lowest BCUT2D eigenvalue weighted by Gasteiger charge is -2.10. The molecule has 1 rings (SSSR count). The largest absolute Gasteiger partial charge is 0.480 e. The number of benzene rings is 1. The summed E-state index contributed by atoms with van der Waals surface area (Å²) >= 11 is 5.51. The summed E-state index contributed by atoms with van der Waals surface area (Å²) in [6, 6.07) is 5.53. The van der Waals surface area contributed by atoms with Crippen molar-refractivity contribution in [3.05, 3.63) is 29.8 Å². The summed E-state index contributed by atoms with van der Waals surface area (Å²) in [5, 5.41) is 8.77. The van der Waals surface area contributed by atoms with E-state index in [4.69, 9.17) is 22.4 Å². The molecule has 118 valence electrons. The van der Waals surface area contributed by atoms with Crippen LogP contribution in [-0.2, 0) is 21.2 Å². The van der Waals surface area contributed by atoms with Gasteiger partial charge in [-0.3, -0.25) is 9.52 Å². The number of nitrogens with one attached hydrogen (secondary N) is 1. The first kappa shape index (κ1) is 17.7. The molecule has 0 bridgehead atoms. The van der Waals surface area contributed by atoms with Crippen LogP contribution in [0.15, 0.2) is 24.3 Å². The van der Waals surface area contributed by atoms with Crippen LogP contribution in [0.2, 0.25) is 0 Å². The van der Waals surface area contributed by atoms with Crippen LogP contribution in [0, 0.1) is 0 Å². The lowest BCUT2D eigenvalue weighted by Crippen LogP contribution is -2.32. The molecule has 8 heteroatoms. The van der Waals surface area contributed by atoms with E-state index in [-0.39, 0.29) is 12.2 Å². The Morgan fingerprint density at radius 2 is 2.10 bits per heavy atom. The van der Waals surface area contributed by atoms with Gasteiger partial charge >= 0.3 is 5.97 Å². The molecule has 1 atom stereocenters. The maximum absolute atomic E-state index is 11.8. The van der Waals surface area contributed by atoms with Gasteiger partial charge in [-0.2, -0.15) is 0 Å². The highest BCUT2D eigenvalue weighted by Crippen LogP contribution is 2.14. The smallest absolute Gasteiger partial charge is 0.320 e. The molecule has 0 heterocycles. The van der Waals surface area contributed by atoms with E-state index in [9.17, 15) is 13.2 Å². The van der Waals surface area contributed by atoms with Gasteiger partial charge < -0.3 is 10.8 Å².